The highest BCUT2D eigenvalue weighted by Crippen LogP contribution is 2.20. The van der Waals surface area contributed by atoms with Crippen molar-refractivity contribution in [1.29, 1.82) is 0 Å². The summed E-state index contributed by atoms with van der Waals surface area (Å²) >= 11 is 11.6. The Morgan fingerprint density at radius 3 is 2.58 bits per heavy atom. The first-order valence-electron chi connectivity index (χ1n) is 6.05. The Morgan fingerprint density at radius 2 is 2.00 bits per heavy atom. The molecule has 1 saturated heterocycles. The number of hydrogen-bond donors (Lipinski definition) is 1. The van der Waals surface area contributed by atoms with Crippen LogP contribution in [0.4, 0.5) is 0 Å². The first kappa shape index (κ1) is 14.5. The molecule has 7 heteroatoms. The molecule has 0 bridgehead atoms. The van der Waals surface area contributed by atoms with Crippen LogP contribution in [0.2, 0.25) is 10.2 Å². The molecule has 0 unspecified atom stereocenters. The summed E-state index contributed by atoms with van der Waals surface area (Å²) in [5.74, 6) is -0.0882. The van der Waals surface area contributed by atoms with Gasteiger partial charge in [0.15, 0.2) is 0 Å². The third-order valence-electron chi connectivity index (χ3n) is 3.12. The summed E-state index contributed by atoms with van der Waals surface area (Å²) in [6.45, 7) is 3.60. The largest absolute Gasteiger partial charge is 0.395 e. The first-order valence-corrected chi connectivity index (χ1v) is 6.81. The summed E-state index contributed by atoms with van der Waals surface area (Å²) in [6, 6.07) is 1.54. The SMILES string of the molecule is O=C(c1cnc(Cl)c(Cl)c1)N1CCN(CCO)CC1. The highest BCUT2D eigenvalue weighted by molar-refractivity contribution is 6.41. The van der Waals surface area contributed by atoms with Crippen molar-refractivity contribution in [1.82, 2.24) is 14.8 Å². The van der Waals surface area contributed by atoms with Gasteiger partial charge in [0.05, 0.1) is 17.2 Å². The van der Waals surface area contributed by atoms with Gasteiger partial charge >= 0.3 is 0 Å². The number of nitrogens with zero attached hydrogens (tertiary/aromatic N) is 3. The zero-order chi connectivity index (χ0) is 13.8. The Bertz CT molecular complexity index is 462. The van der Waals surface area contributed by atoms with Crippen LogP contribution in [0.15, 0.2) is 12.3 Å². The standard InChI is InChI=1S/C12H15Cl2N3O2/c13-10-7-9(8-15-11(10)14)12(19)17-3-1-16(2-4-17)5-6-18/h7-8,18H,1-6H2. The molecule has 0 saturated carbocycles. The molecular weight excluding hydrogens is 289 g/mol. The van der Waals surface area contributed by atoms with Crippen LogP contribution in [0.3, 0.4) is 0 Å². The molecule has 1 amide bonds. The molecule has 1 aliphatic rings. The minimum absolute atomic E-state index is 0.0882. The number of aliphatic hydroxyl groups excluding tert-OH is 1. The second kappa shape index (κ2) is 6.52. The van der Waals surface area contributed by atoms with E-state index in [-0.39, 0.29) is 22.7 Å². The lowest BCUT2D eigenvalue weighted by atomic mass is 10.2. The molecular formula is C12H15Cl2N3O2. The third kappa shape index (κ3) is 3.57. The average molecular weight is 304 g/mol. The summed E-state index contributed by atoms with van der Waals surface area (Å²) < 4.78 is 0. The van der Waals surface area contributed by atoms with Gasteiger partial charge in [-0.2, -0.15) is 0 Å². The van der Waals surface area contributed by atoms with E-state index < -0.39 is 0 Å². The van der Waals surface area contributed by atoms with Gasteiger partial charge in [0, 0.05) is 38.9 Å². The van der Waals surface area contributed by atoms with Crippen LogP contribution in [0.1, 0.15) is 10.4 Å². The fourth-order valence-electron chi connectivity index (χ4n) is 2.04. The van der Waals surface area contributed by atoms with Gasteiger partial charge < -0.3 is 10.0 Å². The zero-order valence-corrected chi connectivity index (χ0v) is 11.9. The Morgan fingerprint density at radius 1 is 1.32 bits per heavy atom. The third-order valence-corrected chi connectivity index (χ3v) is 3.81. The number of rotatable bonds is 3. The minimum Gasteiger partial charge on any atom is -0.395 e. The molecule has 0 aromatic carbocycles. The number of hydrogen-bond acceptors (Lipinski definition) is 4. The molecule has 1 fully saturated rings. The number of carbonyl (C=O) groups is 1. The Labute approximate surface area is 121 Å². The predicted octanol–water partition coefficient (Wildman–Crippen LogP) is 1.14. The molecule has 0 atom stereocenters. The predicted molar refractivity (Wildman–Crippen MR) is 73.7 cm³/mol. The minimum atomic E-state index is -0.0882. The van der Waals surface area contributed by atoms with Crippen LogP contribution in [0.5, 0.6) is 0 Å². The molecule has 1 N–H and O–H groups in total. The van der Waals surface area contributed by atoms with Gasteiger partial charge in [-0.25, -0.2) is 4.98 Å². The van der Waals surface area contributed by atoms with E-state index in [1.807, 2.05) is 0 Å². The van der Waals surface area contributed by atoms with Gasteiger partial charge in [-0.05, 0) is 6.07 Å². The number of carbonyl (C=O) groups excluding carboxylic acids is 1. The van der Waals surface area contributed by atoms with Gasteiger partial charge in [-0.1, -0.05) is 23.2 Å². The van der Waals surface area contributed by atoms with Crippen molar-refractivity contribution < 1.29 is 9.90 Å². The number of halogens is 2. The van der Waals surface area contributed by atoms with Crippen molar-refractivity contribution in [2.75, 3.05) is 39.3 Å². The number of aromatic nitrogens is 1. The molecule has 104 valence electrons. The van der Waals surface area contributed by atoms with E-state index in [1.54, 1.807) is 11.0 Å². The summed E-state index contributed by atoms with van der Waals surface area (Å²) in [6.07, 6.45) is 1.44. The summed E-state index contributed by atoms with van der Waals surface area (Å²) in [5, 5.41) is 9.35. The van der Waals surface area contributed by atoms with Crippen molar-refractivity contribution >= 4 is 29.1 Å². The Hall–Kier alpha value is -0.880. The molecule has 1 aromatic heterocycles. The number of β-amino-alcohol motifs (C(OH)–C–C–N with tert-alkyl or cyclic N) is 1. The number of pyridine rings is 1. The fraction of sp³-hybridized carbons (Fsp3) is 0.500. The lowest BCUT2D eigenvalue weighted by Crippen LogP contribution is -2.49. The van der Waals surface area contributed by atoms with Crippen LogP contribution < -0.4 is 0 Å². The molecule has 1 aromatic rings. The highest BCUT2D eigenvalue weighted by atomic mass is 35.5. The maximum Gasteiger partial charge on any atom is 0.255 e. The molecule has 0 radical (unpaired) electrons. The zero-order valence-electron chi connectivity index (χ0n) is 10.4. The van der Waals surface area contributed by atoms with Gasteiger partial charge in [0.2, 0.25) is 0 Å². The Kier molecular flexibility index (Phi) is 4.99. The van der Waals surface area contributed by atoms with E-state index >= 15 is 0 Å². The van der Waals surface area contributed by atoms with E-state index in [1.165, 1.54) is 6.20 Å². The second-order valence-electron chi connectivity index (χ2n) is 4.35. The van der Waals surface area contributed by atoms with Crippen LogP contribution in [0.25, 0.3) is 0 Å². The highest BCUT2D eigenvalue weighted by Gasteiger charge is 2.22. The monoisotopic (exact) mass is 303 g/mol. The first-order chi connectivity index (χ1) is 9.11. The van der Waals surface area contributed by atoms with Gasteiger partial charge in [-0.3, -0.25) is 9.69 Å². The van der Waals surface area contributed by atoms with E-state index in [9.17, 15) is 4.79 Å². The number of aliphatic hydroxyl groups is 1. The normalized spacial score (nSPS) is 16.7. The molecule has 0 aliphatic carbocycles. The van der Waals surface area contributed by atoms with Crippen molar-refractivity contribution in [3.8, 4) is 0 Å². The molecule has 0 spiro atoms. The van der Waals surface area contributed by atoms with Gasteiger partial charge in [0.25, 0.3) is 5.91 Å². The Balaban J connectivity index is 1.99. The molecule has 2 rings (SSSR count). The fourth-order valence-corrected chi connectivity index (χ4v) is 2.31. The van der Waals surface area contributed by atoms with Crippen LogP contribution >= 0.6 is 23.2 Å². The van der Waals surface area contributed by atoms with Crippen molar-refractivity contribution in [2.45, 2.75) is 0 Å². The van der Waals surface area contributed by atoms with Crippen molar-refractivity contribution in [3.63, 3.8) is 0 Å². The second-order valence-corrected chi connectivity index (χ2v) is 5.12. The van der Waals surface area contributed by atoms with E-state index in [2.05, 4.69) is 9.88 Å². The maximum absolute atomic E-state index is 12.2. The smallest absolute Gasteiger partial charge is 0.255 e. The number of piperazine rings is 1. The quantitative estimate of drug-likeness (QED) is 0.851. The van der Waals surface area contributed by atoms with Crippen LogP contribution in [0, 0.1) is 0 Å². The average Bonchev–Trinajstić information content (AvgIpc) is 2.42. The molecule has 2 heterocycles. The molecule has 1 aliphatic heterocycles. The molecule has 19 heavy (non-hydrogen) atoms. The van der Waals surface area contributed by atoms with E-state index in [0.717, 1.165) is 13.1 Å². The maximum atomic E-state index is 12.2. The van der Waals surface area contributed by atoms with Crippen LogP contribution in [-0.2, 0) is 0 Å². The number of amides is 1. The van der Waals surface area contributed by atoms with Gasteiger partial charge in [0.1, 0.15) is 5.15 Å². The van der Waals surface area contributed by atoms with Gasteiger partial charge in [-0.15, -0.1) is 0 Å². The van der Waals surface area contributed by atoms with Crippen molar-refractivity contribution in [3.05, 3.63) is 28.0 Å². The topological polar surface area (TPSA) is 56.7 Å². The lowest BCUT2D eigenvalue weighted by molar-refractivity contribution is 0.0614. The lowest BCUT2D eigenvalue weighted by Gasteiger charge is -2.34. The van der Waals surface area contributed by atoms with Crippen LogP contribution in [-0.4, -0.2) is 65.1 Å². The van der Waals surface area contributed by atoms with E-state index in [0.29, 0.717) is 25.2 Å². The van der Waals surface area contributed by atoms with E-state index in [4.69, 9.17) is 28.3 Å². The summed E-state index contributed by atoms with van der Waals surface area (Å²) in [5.41, 5.74) is 0.449. The summed E-state index contributed by atoms with van der Waals surface area (Å²) in [7, 11) is 0. The van der Waals surface area contributed by atoms with Crippen molar-refractivity contribution in [2.24, 2.45) is 0 Å². The summed E-state index contributed by atoms with van der Waals surface area (Å²) in [4.78, 5) is 20.0. The molecule has 5 nitrogen and oxygen atoms in total.